The summed E-state index contributed by atoms with van der Waals surface area (Å²) in [6.45, 7) is 0.243. The van der Waals surface area contributed by atoms with Gasteiger partial charge in [-0.15, -0.1) is 0 Å². The lowest BCUT2D eigenvalue weighted by Gasteiger charge is -2.10. The van der Waals surface area contributed by atoms with Crippen LogP contribution in [0.5, 0.6) is 11.5 Å². The molecule has 2 heterocycles. The summed E-state index contributed by atoms with van der Waals surface area (Å²) in [6, 6.07) is 11.5. The highest BCUT2D eigenvalue weighted by Gasteiger charge is 2.18. The van der Waals surface area contributed by atoms with Gasteiger partial charge < -0.3 is 20.5 Å². The number of fused-ring (bicyclic) bond motifs is 2. The Morgan fingerprint density at radius 2 is 1.86 bits per heavy atom. The lowest BCUT2D eigenvalue weighted by molar-refractivity contribution is -0.117. The Labute approximate surface area is 126 Å². The first kappa shape index (κ1) is 12.8. The molecule has 1 unspecified atom stereocenters. The maximum absolute atomic E-state index is 11.8. The van der Waals surface area contributed by atoms with Crippen LogP contribution in [0.1, 0.15) is 5.56 Å². The number of hydrogen-bond acceptors (Lipinski definition) is 5. The molecule has 6 nitrogen and oxygen atoms in total. The number of carbonyl (C=O) groups excluding carboxylic acids is 1. The van der Waals surface area contributed by atoms with Crippen LogP contribution in [0.3, 0.4) is 0 Å². The first-order valence-corrected chi connectivity index (χ1v) is 6.84. The second kappa shape index (κ2) is 4.85. The molecule has 2 aromatic rings. The van der Waals surface area contributed by atoms with Crippen LogP contribution in [0.25, 0.3) is 11.1 Å². The fourth-order valence-electron chi connectivity index (χ4n) is 2.47. The number of ether oxygens (including phenoxy) is 2. The molecule has 110 valence electrons. The van der Waals surface area contributed by atoms with Gasteiger partial charge in [0.05, 0.1) is 5.69 Å². The number of nitrogens with zero attached hydrogens (tertiary/aromatic N) is 1. The first-order valence-electron chi connectivity index (χ1n) is 6.84. The number of nitrogens with two attached hydrogens (primary N) is 1. The Morgan fingerprint density at radius 3 is 2.77 bits per heavy atom. The third kappa shape index (κ3) is 2.10. The summed E-state index contributed by atoms with van der Waals surface area (Å²) in [5.74, 6) is 1.14. The average Bonchev–Trinajstić information content (AvgIpc) is 2.95. The number of hydrogen-bond donors (Lipinski definition) is 2. The highest BCUT2D eigenvalue weighted by Crippen LogP contribution is 2.36. The summed E-state index contributed by atoms with van der Waals surface area (Å²) in [7, 11) is 0. The lowest BCUT2D eigenvalue weighted by Crippen LogP contribution is -2.32. The molecule has 0 aromatic heterocycles. The maximum Gasteiger partial charge on any atom is 0.263 e. The van der Waals surface area contributed by atoms with E-state index in [1.54, 1.807) is 6.21 Å². The van der Waals surface area contributed by atoms with Crippen LogP contribution < -0.4 is 20.5 Å². The van der Waals surface area contributed by atoms with E-state index in [-0.39, 0.29) is 12.7 Å². The van der Waals surface area contributed by atoms with E-state index < -0.39 is 6.17 Å². The fourth-order valence-corrected chi connectivity index (χ4v) is 2.47. The normalized spacial score (nSPS) is 18.6. The molecule has 3 N–H and O–H groups in total. The van der Waals surface area contributed by atoms with Crippen molar-refractivity contribution >= 4 is 17.8 Å². The van der Waals surface area contributed by atoms with Crippen molar-refractivity contribution in [2.24, 2.45) is 10.7 Å². The van der Waals surface area contributed by atoms with E-state index in [1.807, 2.05) is 36.4 Å². The predicted molar refractivity (Wildman–Crippen MR) is 82.2 cm³/mol. The number of benzene rings is 2. The van der Waals surface area contributed by atoms with Gasteiger partial charge in [0.2, 0.25) is 6.79 Å². The molecule has 0 bridgehead atoms. The van der Waals surface area contributed by atoms with Gasteiger partial charge in [0.15, 0.2) is 17.7 Å². The number of nitrogens with one attached hydrogen (secondary N) is 1. The summed E-state index contributed by atoms with van der Waals surface area (Å²) < 4.78 is 10.7. The van der Waals surface area contributed by atoms with Crippen LogP contribution in [0.15, 0.2) is 41.4 Å². The monoisotopic (exact) mass is 295 g/mol. The summed E-state index contributed by atoms with van der Waals surface area (Å²) in [4.78, 5) is 15.8. The molecule has 22 heavy (non-hydrogen) atoms. The third-order valence-electron chi connectivity index (χ3n) is 3.66. The molecule has 0 fully saturated rings. The van der Waals surface area contributed by atoms with Gasteiger partial charge in [-0.25, -0.2) is 0 Å². The number of amides is 1. The highest BCUT2D eigenvalue weighted by molar-refractivity contribution is 6.03. The molecule has 0 saturated heterocycles. The zero-order chi connectivity index (χ0) is 15.1. The minimum Gasteiger partial charge on any atom is -0.454 e. The summed E-state index contributed by atoms with van der Waals surface area (Å²) >= 11 is 0. The highest BCUT2D eigenvalue weighted by atomic mass is 16.7. The zero-order valence-corrected chi connectivity index (χ0v) is 11.6. The van der Waals surface area contributed by atoms with Gasteiger partial charge in [-0.1, -0.05) is 18.2 Å². The molecular weight excluding hydrogens is 282 g/mol. The van der Waals surface area contributed by atoms with Crippen LogP contribution in [0.2, 0.25) is 0 Å². The molecule has 0 radical (unpaired) electrons. The van der Waals surface area contributed by atoms with Crippen molar-refractivity contribution in [1.29, 1.82) is 0 Å². The molecule has 4 rings (SSSR count). The predicted octanol–water partition coefficient (Wildman–Crippen LogP) is 1.74. The number of carbonyl (C=O) groups is 1. The van der Waals surface area contributed by atoms with Gasteiger partial charge >= 0.3 is 0 Å². The van der Waals surface area contributed by atoms with E-state index in [1.165, 1.54) is 0 Å². The largest absolute Gasteiger partial charge is 0.454 e. The van der Waals surface area contributed by atoms with Crippen molar-refractivity contribution in [3.8, 4) is 22.6 Å². The fraction of sp³-hybridized carbons (Fsp3) is 0.125. The molecule has 1 atom stereocenters. The van der Waals surface area contributed by atoms with Crippen molar-refractivity contribution in [2.45, 2.75) is 6.17 Å². The van der Waals surface area contributed by atoms with Crippen molar-refractivity contribution in [3.05, 3.63) is 42.0 Å². The van der Waals surface area contributed by atoms with E-state index in [4.69, 9.17) is 15.2 Å². The van der Waals surface area contributed by atoms with Gasteiger partial charge in [0.25, 0.3) is 5.91 Å². The summed E-state index contributed by atoms with van der Waals surface area (Å²) in [5.41, 5.74) is 9.08. The van der Waals surface area contributed by atoms with E-state index >= 15 is 0 Å². The van der Waals surface area contributed by atoms with Crippen LogP contribution in [0, 0.1) is 0 Å². The molecule has 6 heteroatoms. The topological polar surface area (TPSA) is 85.9 Å². The van der Waals surface area contributed by atoms with Gasteiger partial charge in [-0.05, 0) is 29.3 Å². The van der Waals surface area contributed by atoms with Crippen molar-refractivity contribution in [3.63, 3.8) is 0 Å². The molecule has 0 aliphatic carbocycles. The molecule has 2 aliphatic heterocycles. The van der Waals surface area contributed by atoms with E-state index in [0.717, 1.165) is 28.2 Å². The Bertz CT molecular complexity index is 801. The van der Waals surface area contributed by atoms with E-state index in [9.17, 15) is 4.79 Å². The average molecular weight is 295 g/mol. The Kier molecular flexibility index (Phi) is 2.83. The molecular formula is C16H13N3O3. The van der Waals surface area contributed by atoms with Gasteiger partial charge in [0, 0.05) is 11.8 Å². The van der Waals surface area contributed by atoms with Crippen LogP contribution in [0.4, 0.5) is 5.69 Å². The molecule has 2 aromatic carbocycles. The van der Waals surface area contributed by atoms with Crippen LogP contribution in [-0.4, -0.2) is 25.1 Å². The molecule has 1 amide bonds. The zero-order valence-electron chi connectivity index (χ0n) is 11.6. The van der Waals surface area contributed by atoms with Gasteiger partial charge in [0.1, 0.15) is 0 Å². The quantitative estimate of drug-likeness (QED) is 0.839. The number of anilines is 1. The van der Waals surface area contributed by atoms with Crippen LogP contribution in [-0.2, 0) is 4.79 Å². The Hall–Kier alpha value is -2.86. The summed E-state index contributed by atoms with van der Waals surface area (Å²) in [5, 5.41) is 2.79. The second-order valence-electron chi connectivity index (χ2n) is 5.08. The van der Waals surface area contributed by atoms with Crippen molar-refractivity contribution in [2.75, 3.05) is 12.1 Å². The number of benzodiazepines with no additional fused rings is 1. The second-order valence-corrected chi connectivity index (χ2v) is 5.08. The molecule has 0 spiro atoms. The third-order valence-corrected chi connectivity index (χ3v) is 3.66. The SMILES string of the molecule is NC1N=Cc2ccc(-c3ccc4c(c3)OCO4)cc2NC1=O. The first-order chi connectivity index (χ1) is 10.7. The standard InChI is InChI=1S/C16H13N3O3/c17-15-16(20)19-12-5-9(1-2-11(12)7-18-15)10-3-4-13-14(6-10)22-8-21-13/h1-7,15H,8,17H2,(H,19,20). The van der Waals surface area contributed by atoms with Crippen LogP contribution >= 0.6 is 0 Å². The Balaban J connectivity index is 1.75. The number of rotatable bonds is 1. The van der Waals surface area contributed by atoms with Gasteiger partial charge in [-0.3, -0.25) is 9.79 Å². The van der Waals surface area contributed by atoms with E-state index in [2.05, 4.69) is 10.3 Å². The molecule has 0 saturated carbocycles. The molecule has 2 aliphatic rings. The minimum absolute atomic E-state index is 0.243. The smallest absolute Gasteiger partial charge is 0.263 e. The van der Waals surface area contributed by atoms with E-state index in [0.29, 0.717) is 5.69 Å². The summed E-state index contributed by atoms with van der Waals surface area (Å²) in [6.07, 6.45) is 0.739. The Morgan fingerprint density at radius 1 is 1.09 bits per heavy atom. The van der Waals surface area contributed by atoms with Crippen molar-refractivity contribution in [1.82, 2.24) is 0 Å². The van der Waals surface area contributed by atoms with Gasteiger partial charge in [-0.2, -0.15) is 0 Å². The minimum atomic E-state index is -0.874. The number of aliphatic imine (C=N–C) groups is 1. The lowest BCUT2D eigenvalue weighted by atomic mass is 10.0. The maximum atomic E-state index is 11.8. The van der Waals surface area contributed by atoms with Crippen molar-refractivity contribution < 1.29 is 14.3 Å².